The largest absolute Gasteiger partial charge is 0.351 e. The molecule has 31 heavy (non-hydrogen) atoms. The molecule has 7 nitrogen and oxygen atoms in total. The van der Waals surface area contributed by atoms with Crippen molar-refractivity contribution in [2.75, 3.05) is 5.75 Å². The molecule has 0 aliphatic rings. The lowest BCUT2D eigenvalue weighted by atomic mass is 10.1. The predicted octanol–water partition coefficient (Wildman–Crippen LogP) is 3.31. The van der Waals surface area contributed by atoms with Crippen LogP contribution in [0.5, 0.6) is 0 Å². The van der Waals surface area contributed by atoms with Crippen molar-refractivity contribution in [3.8, 4) is 0 Å². The molecule has 1 amide bonds. The molecule has 0 aliphatic heterocycles. The summed E-state index contributed by atoms with van der Waals surface area (Å²) in [5, 5.41) is 12.0. The minimum absolute atomic E-state index is 0.139. The first-order valence-corrected chi connectivity index (χ1v) is 11.0. The van der Waals surface area contributed by atoms with Crippen molar-refractivity contribution < 1.29 is 9.18 Å². The Balaban J connectivity index is 1.59. The second-order valence-corrected chi connectivity index (χ2v) is 8.23. The summed E-state index contributed by atoms with van der Waals surface area (Å²) in [5.41, 5.74) is 2.40. The number of aryl methyl sites for hydroxylation is 2. The molecule has 4 aromatic rings. The monoisotopic (exact) mass is 439 g/mol. The molecule has 160 valence electrons. The summed E-state index contributed by atoms with van der Waals surface area (Å²) in [6.45, 7) is 4.84. The van der Waals surface area contributed by atoms with Gasteiger partial charge in [0.2, 0.25) is 11.7 Å². The number of carbonyl (C=O) groups is 1. The fraction of sp³-hybridized carbons (Fsp3) is 0.273. The van der Waals surface area contributed by atoms with Crippen LogP contribution in [-0.2, 0) is 17.9 Å². The van der Waals surface area contributed by atoms with Gasteiger partial charge in [-0.25, -0.2) is 4.39 Å². The van der Waals surface area contributed by atoms with Gasteiger partial charge in [0, 0.05) is 13.1 Å². The molecule has 0 saturated heterocycles. The van der Waals surface area contributed by atoms with E-state index in [1.165, 1.54) is 28.5 Å². The zero-order valence-corrected chi connectivity index (χ0v) is 18.1. The Kier molecular flexibility index (Phi) is 6.03. The summed E-state index contributed by atoms with van der Waals surface area (Å²) in [7, 11) is 0. The Hall–Kier alpha value is -3.20. The SMILES string of the molecule is CCCn1c(=O)c2cc(F)ccc2n2c(SCC(=O)NCc3ccc(C)cc3)nnc12. The molecular formula is C22H22FN5O2S. The van der Waals surface area contributed by atoms with Crippen LogP contribution < -0.4 is 10.9 Å². The molecule has 2 aromatic heterocycles. The first-order chi connectivity index (χ1) is 15.0. The van der Waals surface area contributed by atoms with Crippen molar-refractivity contribution in [2.45, 2.75) is 38.5 Å². The van der Waals surface area contributed by atoms with Gasteiger partial charge in [0.15, 0.2) is 5.16 Å². The van der Waals surface area contributed by atoms with Gasteiger partial charge in [0.25, 0.3) is 5.56 Å². The summed E-state index contributed by atoms with van der Waals surface area (Å²) >= 11 is 1.22. The number of fused-ring (bicyclic) bond motifs is 3. The average Bonchev–Trinajstić information content (AvgIpc) is 3.18. The summed E-state index contributed by atoms with van der Waals surface area (Å²) in [5.74, 6) is -0.0970. The van der Waals surface area contributed by atoms with Crippen molar-refractivity contribution in [3.05, 3.63) is 69.8 Å². The highest BCUT2D eigenvalue weighted by Gasteiger charge is 2.18. The van der Waals surface area contributed by atoms with E-state index in [1.807, 2.05) is 38.1 Å². The summed E-state index contributed by atoms with van der Waals surface area (Å²) in [6, 6.07) is 12.0. The molecule has 0 radical (unpaired) electrons. The highest BCUT2D eigenvalue weighted by molar-refractivity contribution is 7.99. The standard InChI is InChI=1S/C22H22FN5O2S/c1-3-10-27-20(30)17-11-16(23)8-9-18(17)28-21(27)25-26-22(28)31-13-19(29)24-12-15-6-4-14(2)5-7-15/h4-9,11H,3,10,12-13H2,1-2H3,(H,24,29). The first kappa shape index (κ1) is 21.0. The third-order valence-corrected chi connectivity index (χ3v) is 5.85. The molecule has 2 aromatic carbocycles. The van der Waals surface area contributed by atoms with E-state index in [2.05, 4.69) is 15.5 Å². The van der Waals surface area contributed by atoms with E-state index in [0.29, 0.717) is 36.0 Å². The fourth-order valence-corrected chi connectivity index (χ4v) is 4.13. The molecule has 1 N–H and O–H groups in total. The van der Waals surface area contributed by atoms with Crippen LogP contribution in [0.1, 0.15) is 24.5 Å². The first-order valence-electron chi connectivity index (χ1n) is 10.00. The molecule has 0 atom stereocenters. The van der Waals surface area contributed by atoms with Gasteiger partial charge in [-0.1, -0.05) is 48.5 Å². The second-order valence-electron chi connectivity index (χ2n) is 7.29. The molecule has 0 aliphatic carbocycles. The van der Waals surface area contributed by atoms with Gasteiger partial charge in [-0.3, -0.25) is 18.6 Å². The number of nitrogens with one attached hydrogen (secondary N) is 1. The number of thioether (sulfide) groups is 1. The third-order valence-electron chi connectivity index (χ3n) is 4.92. The van der Waals surface area contributed by atoms with Crippen LogP contribution in [0.3, 0.4) is 0 Å². The average molecular weight is 440 g/mol. The Bertz CT molecular complexity index is 1310. The minimum atomic E-state index is -0.482. The lowest BCUT2D eigenvalue weighted by molar-refractivity contribution is -0.118. The number of halogens is 1. The molecule has 0 spiro atoms. The van der Waals surface area contributed by atoms with Gasteiger partial charge in [-0.05, 0) is 37.1 Å². The Morgan fingerprint density at radius 2 is 1.94 bits per heavy atom. The summed E-state index contributed by atoms with van der Waals surface area (Å²) < 4.78 is 17.0. The van der Waals surface area contributed by atoms with E-state index >= 15 is 0 Å². The maximum absolute atomic E-state index is 13.8. The Labute approximate surface area is 182 Å². The molecule has 4 rings (SSSR count). The van der Waals surface area contributed by atoms with Crippen molar-refractivity contribution in [2.24, 2.45) is 0 Å². The van der Waals surface area contributed by atoms with Crippen LogP contribution in [0, 0.1) is 12.7 Å². The lowest BCUT2D eigenvalue weighted by Crippen LogP contribution is -2.25. The number of benzene rings is 2. The van der Waals surface area contributed by atoms with Crippen LogP contribution in [0.25, 0.3) is 16.7 Å². The van der Waals surface area contributed by atoms with E-state index < -0.39 is 5.82 Å². The van der Waals surface area contributed by atoms with Crippen molar-refractivity contribution in [3.63, 3.8) is 0 Å². The number of hydrogen-bond donors (Lipinski definition) is 1. The van der Waals surface area contributed by atoms with Crippen LogP contribution in [0.15, 0.2) is 52.4 Å². The number of aromatic nitrogens is 4. The molecule has 0 bridgehead atoms. The summed E-state index contributed by atoms with van der Waals surface area (Å²) in [6.07, 6.45) is 0.715. The van der Waals surface area contributed by atoms with Crippen LogP contribution >= 0.6 is 11.8 Å². The van der Waals surface area contributed by atoms with Gasteiger partial charge in [-0.15, -0.1) is 10.2 Å². The third kappa shape index (κ3) is 4.32. The molecule has 0 unspecified atom stereocenters. The summed E-state index contributed by atoms with van der Waals surface area (Å²) in [4.78, 5) is 25.2. The van der Waals surface area contributed by atoms with E-state index in [0.717, 1.165) is 11.1 Å². The Morgan fingerprint density at radius 1 is 1.16 bits per heavy atom. The van der Waals surface area contributed by atoms with E-state index in [4.69, 9.17) is 0 Å². The highest BCUT2D eigenvalue weighted by atomic mass is 32.2. The van der Waals surface area contributed by atoms with Crippen molar-refractivity contribution in [1.29, 1.82) is 0 Å². The normalized spacial score (nSPS) is 11.3. The van der Waals surface area contributed by atoms with Gasteiger partial charge < -0.3 is 5.32 Å². The minimum Gasteiger partial charge on any atom is -0.351 e. The maximum Gasteiger partial charge on any atom is 0.262 e. The number of rotatable bonds is 7. The van der Waals surface area contributed by atoms with Crippen LogP contribution in [-0.4, -0.2) is 30.8 Å². The number of nitrogens with zero attached hydrogens (tertiary/aromatic N) is 4. The molecule has 2 heterocycles. The zero-order chi connectivity index (χ0) is 22.0. The zero-order valence-electron chi connectivity index (χ0n) is 17.3. The van der Waals surface area contributed by atoms with E-state index in [9.17, 15) is 14.0 Å². The molecule has 0 saturated carbocycles. The van der Waals surface area contributed by atoms with E-state index in [-0.39, 0.29) is 22.6 Å². The Morgan fingerprint density at radius 3 is 2.68 bits per heavy atom. The highest BCUT2D eigenvalue weighted by Crippen LogP contribution is 2.22. The molecular weight excluding hydrogens is 417 g/mol. The van der Waals surface area contributed by atoms with Gasteiger partial charge >= 0.3 is 0 Å². The fourth-order valence-electron chi connectivity index (χ4n) is 3.36. The van der Waals surface area contributed by atoms with Crippen LogP contribution in [0.2, 0.25) is 0 Å². The van der Waals surface area contributed by atoms with Gasteiger partial charge in [0.05, 0.1) is 16.7 Å². The van der Waals surface area contributed by atoms with Gasteiger partial charge in [-0.2, -0.15) is 0 Å². The number of hydrogen-bond acceptors (Lipinski definition) is 5. The van der Waals surface area contributed by atoms with Crippen LogP contribution in [0.4, 0.5) is 4.39 Å². The van der Waals surface area contributed by atoms with Crippen molar-refractivity contribution in [1.82, 2.24) is 24.5 Å². The topological polar surface area (TPSA) is 81.3 Å². The maximum atomic E-state index is 13.8. The quantitative estimate of drug-likeness (QED) is 0.447. The number of amides is 1. The van der Waals surface area contributed by atoms with Gasteiger partial charge in [0.1, 0.15) is 5.82 Å². The lowest BCUT2D eigenvalue weighted by Gasteiger charge is -2.10. The predicted molar refractivity (Wildman–Crippen MR) is 119 cm³/mol. The number of carbonyl (C=O) groups excluding carboxylic acids is 1. The second kappa shape index (κ2) is 8.89. The van der Waals surface area contributed by atoms with Crippen molar-refractivity contribution >= 4 is 34.3 Å². The molecule has 0 fully saturated rings. The molecule has 9 heteroatoms. The smallest absolute Gasteiger partial charge is 0.262 e. The van der Waals surface area contributed by atoms with E-state index in [1.54, 1.807) is 10.5 Å².